The molecule has 86 valence electrons. The zero-order valence-electron chi connectivity index (χ0n) is 9.16. The Labute approximate surface area is 111 Å². The van der Waals surface area contributed by atoms with Crippen molar-refractivity contribution in [3.05, 3.63) is 47.1 Å². The number of nitrogens with one attached hydrogen (secondary N) is 1. The van der Waals surface area contributed by atoms with Crippen molar-refractivity contribution >= 4 is 32.4 Å². The third-order valence-corrected chi connectivity index (χ3v) is 3.22. The summed E-state index contributed by atoms with van der Waals surface area (Å²) < 4.78 is 0.763. The van der Waals surface area contributed by atoms with Gasteiger partial charge in [-0.05, 0) is 0 Å². The summed E-state index contributed by atoms with van der Waals surface area (Å²) in [5.41, 5.74) is 2.88. The first-order valence-corrected chi connectivity index (χ1v) is 6.18. The molecule has 0 bridgehead atoms. The Morgan fingerprint density at radius 1 is 1.17 bits per heavy atom. The van der Waals surface area contributed by atoms with Gasteiger partial charge in [-0.25, -0.2) is 0 Å². The normalized spacial score (nSPS) is 10.7. The molecule has 0 fully saturated rings. The molecular weight excluding hydrogens is 291 g/mol. The average Bonchev–Trinajstić information content (AvgIpc) is 2.39. The molecular formula is C12H7AsN4O. The van der Waals surface area contributed by atoms with E-state index in [1.54, 1.807) is 6.20 Å². The van der Waals surface area contributed by atoms with E-state index in [1.165, 1.54) is 12.4 Å². The second-order valence-corrected chi connectivity index (χ2v) is 4.59. The van der Waals surface area contributed by atoms with Crippen molar-refractivity contribution < 1.29 is 0 Å². The van der Waals surface area contributed by atoms with E-state index in [0.717, 1.165) is 26.8 Å². The van der Waals surface area contributed by atoms with Crippen molar-refractivity contribution in [2.24, 2.45) is 0 Å². The Balaban J connectivity index is 2.25. The van der Waals surface area contributed by atoms with E-state index in [1.807, 2.05) is 18.2 Å². The molecule has 6 heteroatoms. The number of fused-ring (bicyclic) bond motifs is 1. The molecule has 0 aliphatic carbocycles. The van der Waals surface area contributed by atoms with Gasteiger partial charge in [-0.2, -0.15) is 0 Å². The van der Waals surface area contributed by atoms with Gasteiger partial charge in [0.1, 0.15) is 0 Å². The van der Waals surface area contributed by atoms with E-state index < -0.39 is 0 Å². The number of nitrogens with zero attached hydrogens (tertiary/aromatic N) is 3. The predicted molar refractivity (Wildman–Crippen MR) is 68.8 cm³/mol. The molecule has 5 nitrogen and oxygen atoms in total. The molecule has 0 saturated heterocycles. The van der Waals surface area contributed by atoms with Gasteiger partial charge < -0.3 is 0 Å². The van der Waals surface area contributed by atoms with Crippen molar-refractivity contribution in [3.8, 4) is 11.3 Å². The second-order valence-electron chi connectivity index (χ2n) is 3.70. The van der Waals surface area contributed by atoms with E-state index in [-0.39, 0.29) is 5.56 Å². The predicted octanol–water partition coefficient (Wildman–Crippen LogP) is 0.174. The maximum absolute atomic E-state index is 11.3. The SMILES string of the molecule is O=c1cc(-c2ccc3ncnc([As])c3n2)cc[nH]1. The van der Waals surface area contributed by atoms with Crippen LogP contribution in [-0.2, 0) is 0 Å². The fraction of sp³-hybridized carbons (Fsp3) is 0. The van der Waals surface area contributed by atoms with Gasteiger partial charge in [0.25, 0.3) is 0 Å². The molecule has 2 radical (unpaired) electrons. The number of rotatable bonds is 1. The number of hydrogen-bond donors (Lipinski definition) is 1. The Bertz CT molecular complexity index is 784. The summed E-state index contributed by atoms with van der Waals surface area (Å²) in [6.07, 6.45) is 3.11. The molecule has 0 amide bonds. The van der Waals surface area contributed by atoms with Crippen LogP contribution in [0, 0.1) is 0 Å². The van der Waals surface area contributed by atoms with Crippen molar-refractivity contribution in [3.63, 3.8) is 0 Å². The third kappa shape index (κ3) is 1.93. The first-order valence-electron chi connectivity index (χ1n) is 5.24. The average molecular weight is 298 g/mol. The molecule has 3 heterocycles. The first kappa shape index (κ1) is 11.1. The van der Waals surface area contributed by atoms with Crippen LogP contribution in [0.25, 0.3) is 22.3 Å². The maximum atomic E-state index is 11.3. The van der Waals surface area contributed by atoms with Crippen LogP contribution in [0.2, 0.25) is 0 Å². The topological polar surface area (TPSA) is 71.5 Å². The van der Waals surface area contributed by atoms with Crippen LogP contribution in [0.4, 0.5) is 0 Å². The van der Waals surface area contributed by atoms with Crippen molar-refractivity contribution in [1.29, 1.82) is 0 Å². The van der Waals surface area contributed by atoms with Crippen molar-refractivity contribution in [2.45, 2.75) is 0 Å². The summed E-state index contributed by atoms with van der Waals surface area (Å²) in [5.74, 6) is 0. The minimum absolute atomic E-state index is 0.147. The zero-order chi connectivity index (χ0) is 12.5. The summed E-state index contributed by atoms with van der Waals surface area (Å²) in [6, 6.07) is 7.04. The molecule has 0 aliphatic rings. The van der Waals surface area contributed by atoms with E-state index >= 15 is 0 Å². The molecule has 3 rings (SSSR count). The number of H-pyrrole nitrogens is 1. The summed E-state index contributed by atoms with van der Waals surface area (Å²) in [5, 5.41) is 0. The Kier molecular flexibility index (Phi) is 2.68. The second kappa shape index (κ2) is 4.35. The number of aromatic nitrogens is 4. The van der Waals surface area contributed by atoms with Gasteiger partial charge in [-0.15, -0.1) is 0 Å². The van der Waals surface area contributed by atoms with Crippen LogP contribution in [0.1, 0.15) is 0 Å². The molecule has 3 aromatic heterocycles. The monoisotopic (exact) mass is 298 g/mol. The van der Waals surface area contributed by atoms with Crippen LogP contribution in [0.3, 0.4) is 0 Å². The van der Waals surface area contributed by atoms with Crippen LogP contribution >= 0.6 is 0 Å². The van der Waals surface area contributed by atoms with Gasteiger partial charge >= 0.3 is 111 Å². The molecule has 1 N–H and O–H groups in total. The molecule has 3 aromatic rings. The fourth-order valence-corrected chi connectivity index (χ4v) is 2.15. The molecule has 0 saturated carbocycles. The van der Waals surface area contributed by atoms with Gasteiger partial charge in [-0.3, -0.25) is 0 Å². The van der Waals surface area contributed by atoms with E-state index in [9.17, 15) is 4.79 Å². The van der Waals surface area contributed by atoms with Gasteiger partial charge in [-0.1, -0.05) is 0 Å². The van der Waals surface area contributed by atoms with Crippen LogP contribution in [0.5, 0.6) is 0 Å². The Hall–Kier alpha value is -2.00. The fourth-order valence-electron chi connectivity index (χ4n) is 1.69. The molecule has 0 atom stereocenters. The molecule has 0 aliphatic heterocycles. The van der Waals surface area contributed by atoms with E-state index in [4.69, 9.17) is 0 Å². The van der Waals surface area contributed by atoms with Crippen molar-refractivity contribution in [1.82, 2.24) is 19.9 Å². The summed E-state index contributed by atoms with van der Waals surface area (Å²) >= 11 is 2.37. The molecule has 18 heavy (non-hydrogen) atoms. The summed E-state index contributed by atoms with van der Waals surface area (Å²) in [4.78, 5) is 26.6. The van der Waals surface area contributed by atoms with Crippen LogP contribution in [0.15, 0.2) is 41.6 Å². The Morgan fingerprint density at radius 2 is 2.06 bits per heavy atom. The number of hydrogen-bond acceptors (Lipinski definition) is 4. The minimum atomic E-state index is -0.147. The molecule has 0 spiro atoms. The standard InChI is InChI=1S/C12H7AsN4O/c13-12-11-9(15-6-16-12)2-1-8(17-11)7-3-4-14-10(18)5-7/h1-6H,(H,14,18). The first-order chi connectivity index (χ1) is 8.74. The molecule has 0 aromatic carbocycles. The third-order valence-electron chi connectivity index (χ3n) is 2.53. The summed E-state index contributed by atoms with van der Waals surface area (Å²) in [6.45, 7) is 0. The van der Waals surface area contributed by atoms with Gasteiger partial charge in [0.15, 0.2) is 0 Å². The van der Waals surface area contributed by atoms with Gasteiger partial charge in [0, 0.05) is 0 Å². The molecule has 0 unspecified atom stereocenters. The number of aromatic amines is 1. The summed E-state index contributed by atoms with van der Waals surface area (Å²) in [7, 11) is 0. The van der Waals surface area contributed by atoms with Crippen LogP contribution < -0.4 is 10.0 Å². The van der Waals surface area contributed by atoms with Gasteiger partial charge in [0.05, 0.1) is 0 Å². The van der Waals surface area contributed by atoms with Crippen molar-refractivity contribution in [2.75, 3.05) is 0 Å². The van der Waals surface area contributed by atoms with E-state index in [2.05, 4.69) is 36.8 Å². The zero-order valence-corrected chi connectivity index (χ0v) is 11.0. The Morgan fingerprint density at radius 3 is 2.89 bits per heavy atom. The van der Waals surface area contributed by atoms with Gasteiger partial charge in [0.2, 0.25) is 0 Å². The van der Waals surface area contributed by atoms with E-state index in [0.29, 0.717) is 0 Å². The number of pyridine rings is 2. The van der Waals surface area contributed by atoms with Crippen LogP contribution in [-0.4, -0.2) is 36.8 Å². The quantitative estimate of drug-likeness (QED) is 0.650.